The Bertz CT molecular complexity index is 257. The van der Waals surface area contributed by atoms with Gasteiger partial charge in [0, 0.05) is 19.1 Å². The summed E-state index contributed by atoms with van der Waals surface area (Å²) in [6, 6.07) is 0.113. The molecule has 0 aromatic carbocycles. The summed E-state index contributed by atoms with van der Waals surface area (Å²) in [5.74, 6) is 0.172. The van der Waals surface area contributed by atoms with Crippen LogP contribution in [0.25, 0.3) is 0 Å². The van der Waals surface area contributed by atoms with Gasteiger partial charge < -0.3 is 10.0 Å². The molecule has 1 atom stereocenters. The summed E-state index contributed by atoms with van der Waals surface area (Å²) in [5, 5.41) is 10.1. The minimum absolute atomic E-state index is 0.113. The lowest BCUT2D eigenvalue weighted by molar-refractivity contribution is -0.133. The van der Waals surface area contributed by atoms with Crippen molar-refractivity contribution in [3.63, 3.8) is 0 Å². The second-order valence-electron chi connectivity index (χ2n) is 5.35. The van der Waals surface area contributed by atoms with E-state index >= 15 is 0 Å². The predicted octanol–water partition coefficient (Wildman–Crippen LogP) is 1.09. The van der Waals surface area contributed by atoms with Gasteiger partial charge in [-0.25, -0.2) is 0 Å². The molecule has 0 bridgehead atoms. The molecule has 0 aromatic heterocycles. The molecular weight excluding hydrogens is 216 g/mol. The molecule has 17 heavy (non-hydrogen) atoms. The van der Waals surface area contributed by atoms with Crippen LogP contribution in [0.4, 0.5) is 0 Å². The maximum absolute atomic E-state index is 12.0. The van der Waals surface area contributed by atoms with Crippen LogP contribution in [0.2, 0.25) is 0 Å². The smallest absolute Gasteiger partial charge is 0.236 e. The van der Waals surface area contributed by atoms with Crippen LogP contribution in [0.15, 0.2) is 0 Å². The summed E-state index contributed by atoms with van der Waals surface area (Å²) in [6.45, 7) is 10.5. The van der Waals surface area contributed by atoms with Crippen LogP contribution in [-0.4, -0.2) is 58.6 Å². The fraction of sp³-hybridized carbons (Fsp3) is 0.923. The minimum Gasteiger partial charge on any atom is -0.389 e. The Labute approximate surface area is 105 Å². The molecule has 4 nitrogen and oxygen atoms in total. The second-order valence-corrected chi connectivity index (χ2v) is 5.35. The van der Waals surface area contributed by atoms with Gasteiger partial charge in [-0.2, -0.15) is 0 Å². The number of amides is 1. The molecule has 1 saturated heterocycles. The largest absolute Gasteiger partial charge is 0.389 e. The molecule has 1 fully saturated rings. The van der Waals surface area contributed by atoms with Crippen LogP contribution >= 0.6 is 0 Å². The van der Waals surface area contributed by atoms with E-state index in [4.69, 9.17) is 0 Å². The Morgan fingerprint density at radius 1 is 1.41 bits per heavy atom. The van der Waals surface area contributed by atoms with Crippen LogP contribution in [-0.2, 0) is 4.79 Å². The van der Waals surface area contributed by atoms with Gasteiger partial charge in [0.1, 0.15) is 0 Å². The number of likely N-dealkylation sites (tertiary alicyclic amines) is 1. The molecule has 0 spiro atoms. The van der Waals surface area contributed by atoms with Crippen molar-refractivity contribution < 1.29 is 9.90 Å². The topological polar surface area (TPSA) is 43.8 Å². The van der Waals surface area contributed by atoms with Crippen LogP contribution < -0.4 is 0 Å². The molecule has 0 radical (unpaired) electrons. The van der Waals surface area contributed by atoms with Crippen molar-refractivity contribution in [2.75, 3.05) is 26.2 Å². The zero-order valence-corrected chi connectivity index (χ0v) is 11.6. The fourth-order valence-electron chi connectivity index (χ4n) is 2.67. The summed E-state index contributed by atoms with van der Waals surface area (Å²) >= 11 is 0. The van der Waals surface area contributed by atoms with Crippen LogP contribution in [0.5, 0.6) is 0 Å². The van der Waals surface area contributed by atoms with E-state index in [0.717, 1.165) is 32.5 Å². The molecule has 1 unspecified atom stereocenters. The maximum atomic E-state index is 12.0. The Hall–Kier alpha value is -0.610. The van der Waals surface area contributed by atoms with Crippen LogP contribution in [0.1, 0.15) is 40.5 Å². The normalized spacial score (nSPS) is 21.8. The summed E-state index contributed by atoms with van der Waals surface area (Å²) in [5.41, 5.74) is -0.722. The van der Waals surface area contributed by atoms with Crippen molar-refractivity contribution in [1.82, 2.24) is 9.80 Å². The van der Waals surface area contributed by atoms with Gasteiger partial charge in [0.15, 0.2) is 0 Å². The highest BCUT2D eigenvalue weighted by Gasteiger charge is 2.36. The lowest BCUT2D eigenvalue weighted by Crippen LogP contribution is -2.49. The molecule has 0 aliphatic carbocycles. The lowest BCUT2D eigenvalue weighted by Gasteiger charge is -2.34. The monoisotopic (exact) mass is 242 g/mol. The zero-order chi connectivity index (χ0) is 13.1. The molecule has 1 aliphatic heterocycles. The van der Waals surface area contributed by atoms with Gasteiger partial charge in [0.05, 0.1) is 12.1 Å². The van der Waals surface area contributed by atoms with Gasteiger partial charge in [-0.3, -0.25) is 9.69 Å². The van der Waals surface area contributed by atoms with E-state index in [1.807, 2.05) is 32.6 Å². The Morgan fingerprint density at radius 3 is 2.47 bits per heavy atom. The summed E-state index contributed by atoms with van der Waals surface area (Å²) in [7, 11) is 0. The van der Waals surface area contributed by atoms with Crippen molar-refractivity contribution in [1.29, 1.82) is 0 Å². The molecule has 1 rings (SSSR count). The van der Waals surface area contributed by atoms with Gasteiger partial charge in [-0.1, -0.05) is 0 Å². The first-order valence-corrected chi connectivity index (χ1v) is 6.64. The fourth-order valence-corrected chi connectivity index (χ4v) is 2.67. The van der Waals surface area contributed by atoms with E-state index in [2.05, 4.69) is 4.90 Å². The third kappa shape index (κ3) is 3.68. The number of rotatable bonds is 5. The van der Waals surface area contributed by atoms with Gasteiger partial charge in [-0.15, -0.1) is 0 Å². The van der Waals surface area contributed by atoms with E-state index in [0.29, 0.717) is 6.54 Å². The number of carbonyl (C=O) groups is 1. The quantitative estimate of drug-likeness (QED) is 0.785. The zero-order valence-electron chi connectivity index (χ0n) is 11.6. The van der Waals surface area contributed by atoms with Gasteiger partial charge in [-0.05, 0) is 47.1 Å². The Kier molecular flexibility index (Phi) is 4.95. The van der Waals surface area contributed by atoms with Gasteiger partial charge in [0.2, 0.25) is 5.91 Å². The van der Waals surface area contributed by atoms with E-state index in [1.165, 1.54) is 0 Å². The number of hydrogen-bond acceptors (Lipinski definition) is 3. The third-order valence-electron chi connectivity index (χ3n) is 3.63. The predicted molar refractivity (Wildman–Crippen MR) is 68.8 cm³/mol. The molecule has 1 amide bonds. The molecule has 1 aliphatic rings. The van der Waals surface area contributed by atoms with E-state index in [-0.39, 0.29) is 11.9 Å². The van der Waals surface area contributed by atoms with Crippen molar-refractivity contribution >= 4 is 5.91 Å². The van der Waals surface area contributed by atoms with Gasteiger partial charge in [0.25, 0.3) is 0 Å². The molecular formula is C13H26N2O2. The summed E-state index contributed by atoms with van der Waals surface area (Å²) in [4.78, 5) is 16.0. The second kappa shape index (κ2) is 5.83. The first kappa shape index (κ1) is 14.5. The van der Waals surface area contributed by atoms with Crippen molar-refractivity contribution in [3.8, 4) is 0 Å². The molecule has 0 aromatic rings. The highest BCUT2D eigenvalue weighted by molar-refractivity contribution is 5.78. The lowest BCUT2D eigenvalue weighted by atomic mass is 9.97. The first-order chi connectivity index (χ1) is 7.90. The number of aliphatic hydroxyl groups is 1. The summed E-state index contributed by atoms with van der Waals surface area (Å²) in [6.07, 6.45) is 2.05. The van der Waals surface area contributed by atoms with Crippen molar-refractivity contribution in [3.05, 3.63) is 0 Å². The molecule has 0 saturated carbocycles. The highest BCUT2D eigenvalue weighted by atomic mass is 16.3. The average Bonchev–Trinajstić information content (AvgIpc) is 2.67. The third-order valence-corrected chi connectivity index (χ3v) is 3.63. The van der Waals surface area contributed by atoms with Crippen molar-refractivity contribution in [2.45, 2.75) is 52.2 Å². The van der Waals surface area contributed by atoms with E-state index < -0.39 is 5.60 Å². The molecule has 1 N–H and O–H groups in total. The van der Waals surface area contributed by atoms with Crippen molar-refractivity contribution in [2.24, 2.45) is 0 Å². The molecule has 4 heteroatoms. The standard InChI is InChI=1S/C13H26N2O2/c1-5-14(6-2)12(16)10-15-9-7-8-11(15)13(3,4)17/h11,17H,5-10H2,1-4H3. The number of likely N-dealkylation sites (N-methyl/N-ethyl adjacent to an activating group) is 1. The van der Waals surface area contributed by atoms with E-state index in [9.17, 15) is 9.90 Å². The molecule has 1 heterocycles. The number of nitrogens with zero attached hydrogens (tertiary/aromatic N) is 2. The average molecular weight is 242 g/mol. The van der Waals surface area contributed by atoms with E-state index in [1.54, 1.807) is 0 Å². The maximum Gasteiger partial charge on any atom is 0.236 e. The highest BCUT2D eigenvalue weighted by Crippen LogP contribution is 2.26. The molecule has 100 valence electrons. The van der Waals surface area contributed by atoms with Gasteiger partial charge >= 0.3 is 0 Å². The Morgan fingerprint density at radius 2 is 2.00 bits per heavy atom. The number of hydrogen-bond donors (Lipinski definition) is 1. The van der Waals surface area contributed by atoms with Crippen LogP contribution in [0.3, 0.4) is 0 Å². The SMILES string of the molecule is CCN(CC)C(=O)CN1CCCC1C(C)(C)O. The number of carbonyl (C=O) groups excluding carboxylic acids is 1. The first-order valence-electron chi connectivity index (χ1n) is 6.64. The minimum atomic E-state index is -0.722. The van der Waals surface area contributed by atoms with Crippen LogP contribution in [0, 0.1) is 0 Å². The summed E-state index contributed by atoms with van der Waals surface area (Å²) < 4.78 is 0. The Balaban J connectivity index is 2.59.